The van der Waals surface area contributed by atoms with Gasteiger partial charge in [0.25, 0.3) is 11.8 Å². The molecule has 0 spiro atoms. The van der Waals surface area contributed by atoms with Gasteiger partial charge in [-0.25, -0.2) is 4.98 Å². The number of anilines is 3. The molecule has 0 amide bonds. The average Bonchev–Trinajstić information content (AvgIpc) is 2.83. The van der Waals surface area contributed by atoms with Gasteiger partial charge in [-0.2, -0.15) is 9.67 Å². The van der Waals surface area contributed by atoms with Gasteiger partial charge in [0.2, 0.25) is 5.95 Å². The van der Waals surface area contributed by atoms with Crippen molar-refractivity contribution < 1.29 is 14.3 Å². The molecule has 2 aromatic heterocycles. The number of aromatic nitrogens is 4. The topological polar surface area (TPSA) is 103 Å². The summed E-state index contributed by atoms with van der Waals surface area (Å²) in [6.45, 7) is 3.73. The Labute approximate surface area is 148 Å². The SMILES string of the molecule is Cc1c2c(nn1C(=O)C1COC1)OCCCNc1nc(ncc1Cl)N2. The third-order valence-electron chi connectivity index (χ3n) is 4.11. The molecule has 2 N–H and O–H groups in total. The van der Waals surface area contributed by atoms with E-state index in [2.05, 4.69) is 25.7 Å². The standard InChI is InChI=1S/C15H17ClN6O3/c1-8-11-13(21-22(8)14(23)9-6-24-7-9)25-4-2-3-17-12-10(16)5-18-15(19-11)20-12/h5,9H,2-4,6-7H2,1H3,(H2,17,18,19,20). The Bertz CT molecular complexity index is 820. The monoisotopic (exact) mass is 364 g/mol. The summed E-state index contributed by atoms with van der Waals surface area (Å²) in [4.78, 5) is 21.1. The summed E-state index contributed by atoms with van der Waals surface area (Å²) in [7, 11) is 0. The highest BCUT2D eigenvalue weighted by atomic mass is 35.5. The number of nitrogens with one attached hydrogen (secondary N) is 2. The predicted octanol–water partition coefficient (Wildman–Crippen LogP) is 1.86. The molecule has 4 rings (SSSR count). The molecule has 4 heterocycles. The lowest BCUT2D eigenvalue weighted by molar-refractivity contribution is -0.0248. The van der Waals surface area contributed by atoms with E-state index in [9.17, 15) is 4.79 Å². The van der Waals surface area contributed by atoms with Crippen LogP contribution < -0.4 is 15.4 Å². The van der Waals surface area contributed by atoms with Crippen LogP contribution in [0.4, 0.5) is 17.5 Å². The lowest BCUT2D eigenvalue weighted by atomic mass is 10.1. The van der Waals surface area contributed by atoms with Crippen LogP contribution in [-0.4, -0.2) is 52.0 Å². The highest BCUT2D eigenvalue weighted by Crippen LogP contribution is 2.32. The normalized spacial score (nSPS) is 17.2. The van der Waals surface area contributed by atoms with Gasteiger partial charge in [-0.1, -0.05) is 11.6 Å². The van der Waals surface area contributed by atoms with Crippen molar-refractivity contribution in [3.8, 4) is 5.88 Å². The average molecular weight is 365 g/mol. The maximum atomic E-state index is 12.5. The molecule has 0 aliphatic carbocycles. The first-order valence-electron chi connectivity index (χ1n) is 8.01. The van der Waals surface area contributed by atoms with Gasteiger partial charge in [0.05, 0.1) is 37.6 Å². The minimum Gasteiger partial charge on any atom is -0.475 e. The number of halogens is 1. The van der Waals surface area contributed by atoms with Gasteiger partial charge in [-0.3, -0.25) is 4.79 Å². The van der Waals surface area contributed by atoms with Crippen LogP contribution >= 0.6 is 11.6 Å². The summed E-state index contributed by atoms with van der Waals surface area (Å²) in [5.74, 6) is 0.984. The number of ether oxygens (including phenoxy) is 2. The molecule has 0 radical (unpaired) electrons. The minimum atomic E-state index is -0.166. The first-order chi connectivity index (χ1) is 12.1. The third-order valence-corrected chi connectivity index (χ3v) is 4.39. The van der Waals surface area contributed by atoms with Crippen molar-refractivity contribution in [2.24, 2.45) is 5.92 Å². The van der Waals surface area contributed by atoms with E-state index in [4.69, 9.17) is 21.1 Å². The van der Waals surface area contributed by atoms with Gasteiger partial charge in [0.1, 0.15) is 10.7 Å². The number of fused-ring (bicyclic) bond motifs is 3. The zero-order valence-electron chi connectivity index (χ0n) is 13.6. The molecule has 0 unspecified atom stereocenters. The Morgan fingerprint density at radius 2 is 2.28 bits per heavy atom. The highest BCUT2D eigenvalue weighted by molar-refractivity contribution is 6.32. The van der Waals surface area contributed by atoms with Crippen molar-refractivity contribution >= 4 is 35.0 Å². The van der Waals surface area contributed by atoms with Crippen LogP contribution in [0.5, 0.6) is 5.88 Å². The molecular weight excluding hydrogens is 348 g/mol. The highest BCUT2D eigenvalue weighted by Gasteiger charge is 2.31. The van der Waals surface area contributed by atoms with Crippen LogP contribution in [0.2, 0.25) is 5.02 Å². The largest absolute Gasteiger partial charge is 0.475 e. The quantitative estimate of drug-likeness (QED) is 0.790. The van der Waals surface area contributed by atoms with Gasteiger partial charge in [0, 0.05) is 6.54 Å². The minimum absolute atomic E-state index is 0.104. The fourth-order valence-electron chi connectivity index (χ4n) is 2.60. The molecule has 25 heavy (non-hydrogen) atoms. The number of nitrogens with zero attached hydrogens (tertiary/aromatic N) is 4. The summed E-state index contributed by atoms with van der Waals surface area (Å²) in [5, 5.41) is 11.0. The van der Waals surface area contributed by atoms with Crippen LogP contribution in [0.15, 0.2) is 6.20 Å². The van der Waals surface area contributed by atoms with Gasteiger partial charge < -0.3 is 20.1 Å². The summed E-state index contributed by atoms with van der Waals surface area (Å²) in [6, 6.07) is 0. The zero-order chi connectivity index (χ0) is 17.4. The first-order valence-corrected chi connectivity index (χ1v) is 8.39. The number of carbonyl (C=O) groups excluding carboxylic acids is 1. The molecular formula is C15H17ClN6O3. The summed E-state index contributed by atoms with van der Waals surface area (Å²) >= 11 is 6.11. The summed E-state index contributed by atoms with van der Waals surface area (Å²) < 4.78 is 12.2. The molecule has 0 atom stereocenters. The first kappa shape index (κ1) is 16.1. The third kappa shape index (κ3) is 3.00. The Morgan fingerprint density at radius 1 is 1.44 bits per heavy atom. The second kappa shape index (κ2) is 6.49. The van der Waals surface area contributed by atoms with Crippen molar-refractivity contribution in [3.05, 3.63) is 16.9 Å². The molecule has 2 aromatic rings. The lowest BCUT2D eigenvalue weighted by Crippen LogP contribution is -2.38. The molecule has 1 saturated heterocycles. The fraction of sp³-hybridized carbons (Fsp3) is 0.467. The molecule has 132 valence electrons. The second-order valence-electron chi connectivity index (χ2n) is 5.89. The smallest absolute Gasteiger partial charge is 0.257 e. The maximum Gasteiger partial charge on any atom is 0.257 e. The molecule has 0 saturated carbocycles. The second-order valence-corrected chi connectivity index (χ2v) is 6.30. The molecule has 1 fully saturated rings. The zero-order valence-corrected chi connectivity index (χ0v) is 14.3. The van der Waals surface area contributed by atoms with E-state index in [1.807, 2.05) is 0 Å². The van der Waals surface area contributed by atoms with Gasteiger partial charge in [-0.05, 0) is 13.3 Å². The van der Waals surface area contributed by atoms with Gasteiger partial charge in [0.15, 0.2) is 5.82 Å². The van der Waals surface area contributed by atoms with E-state index in [1.54, 1.807) is 6.92 Å². The number of hydrogen-bond donors (Lipinski definition) is 2. The molecule has 2 bridgehead atoms. The van der Waals surface area contributed by atoms with Crippen molar-refractivity contribution in [1.82, 2.24) is 19.7 Å². The summed E-state index contributed by atoms with van der Waals surface area (Å²) in [5.41, 5.74) is 1.21. The van der Waals surface area contributed by atoms with Crippen LogP contribution in [0.1, 0.15) is 16.9 Å². The van der Waals surface area contributed by atoms with E-state index in [-0.39, 0.29) is 11.8 Å². The van der Waals surface area contributed by atoms with E-state index in [0.29, 0.717) is 60.4 Å². The van der Waals surface area contributed by atoms with Crippen LogP contribution in [-0.2, 0) is 4.74 Å². The van der Waals surface area contributed by atoms with Crippen molar-refractivity contribution in [2.75, 3.05) is 37.0 Å². The Kier molecular flexibility index (Phi) is 4.18. The van der Waals surface area contributed by atoms with Crippen LogP contribution in [0.25, 0.3) is 0 Å². The number of carbonyl (C=O) groups is 1. The molecule has 9 nitrogen and oxygen atoms in total. The van der Waals surface area contributed by atoms with E-state index in [0.717, 1.165) is 6.42 Å². The van der Waals surface area contributed by atoms with E-state index in [1.165, 1.54) is 10.9 Å². The van der Waals surface area contributed by atoms with E-state index < -0.39 is 0 Å². The number of hydrogen-bond acceptors (Lipinski definition) is 8. The van der Waals surface area contributed by atoms with Crippen LogP contribution in [0, 0.1) is 12.8 Å². The molecule has 2 aliphatic rings. The van der Waals surface area contributed by atoms with Crippen molar-refractivity contribution in [2.45, 2.75) is 13.3 Å². The lowest BCUT2D eigenvalue weighted by Gasteiger charge is -2.24. The summed E-state index contributed by atoms with van der Waals surface area (Å²) in [6.07, 6.45) is 2.25. The number of rotatable bonds is 1. The van der Waals surface area contributed by atoms with Gasteiger partial charge >= 0.3 is 0 Å². The predicted molar refractivity (Wildman–Crippen MR) is 90.8 cm³/mol. The molecule has 0 aromatic carbocycles. The Morgan fingerprint density at radius 3 is 3.04 bits per heavy atom. The molecule has 2 aliphatic heterocycles. The van der Waals surface area contributed by atoms with Gasteiger partial charge in [-0.15, -0.1) is 5.10 Å². The maximum absolute atomic E-state index is 12.5. The Balaban J connectivity index is 1.72. The fourth-order valence-corrected chi connectivity index (χ4v) is 2.76. The van der Waals surface area contributed by atoms with Crippen molar-refractivity contribution in [1.29, 1.82) is 0 Å². The molecule has 10 heteroatoms. The van der Waals surface area contributed by atoms with Crippen LogP contribution in [0.3, 0.4) is 0 Å². The Hall–Kier alpha value is -2.39. The van der Waals surface area contributed by atoms with E-state index >= 15 is 0 Å². The van der Waals surface area contributed by atoms with Crippen molar-refractivity contribution in [3.63, 3.8) is 0 Å².